The second kappa shape index (κ2) is 7.10. The van der Waals surface area contributed by atoms with Crippen LogP contribution in [0.1, 0.15) is 16.9 Å². The lowest BCUT2D eigenvalue weighted by Crippen LogP contribution is -2.36. The van der Waals surface area contributed by atoms with Gasteiger partial charge < -0.3 is 15.4 Å². The van der Waals surface area contributed by atoms with Gasteiger partial charge in [0.15, 0.2) is 9.84 Å². The number of amides is 1. The second-order valence-corrected chi connectivity index (χ2v) is 8.09. The van der Waals surface area contributed by atoms with E-state index in [9.17, 15) is 13.2 Å². The summed E-state index contributed by atoms with van der Waals surface area (Å²) < 4.78 is 28.1. The smallest absolute Gasteiger partial charge is 0.270 e. The molecule has 2 aromatic rings. The Hall–Kier alpha value is -2.61. The first-order chi connectivity index (χ1) is 11.9. The molecule has 1 atom stereocenters. The normalized spacial score (nSPS) is 18.5. The van der Waals surface area contributed by atoms with Gasteiger partial charge in [-0.1, -0.05) is 6.07 Å². The van der Waals surface area contributed by atoms with Crippen LogP contribution in [0.15, 0.2) is 42.6 Å². The number of hydrogen-bond donors (Lipinski definition) is 2. The summed E-state index contributed by atoms with van der Waals surface area (Å²) in [4.78, 5) is 16.4. The number of benzene rings is 1. The average molecular weight is 361 g/mol. The zero-order valence-electron chi connectivity index (χ0n) is 13.7. The molecule has 0 saturated carbocycles. The highest BCUT2D eigenvalue weighted by Crippen LogP contribution is 2.21. The van der Waals surface area contributed by atoms with Crippen molar-refractivity contribution in [1.29, 1.82) is 0 Å². The molecular weight excluding hydrogens is 342 g/mol. The predicted octanol–water partition coefficient (Wildman–Crippen LogP) is 1.75. The van der Waals surface area contributed by atoms with E-state index < -0.39 is 9.84 Å². The quantitative estimate of drug-likeness (QED) is 0.842. The first-order valence-corrected chi connectivity index (χ1v) is 9.66. The summed E-state index contributed by atoms with van der Waals surface area (Å²) in [6.45, 7) is 0. The number of nitrogens with one attached hydrogen (secondary N) is 2. The number of carbonyl (C=O) groups is 1. The maximum Gasteiger partial charge on any atom is 0.270 e. The number of nitrogens with zero attached hydrogens (tertiary/aromatic N) is 1. The molecule has 1 saturated heterocycles. The summed E-state index contributed by atoms with van der Waals surface area (Å²) >= 11 is 0. The van der Waals surface area contributed by atoms with Crippen LogP contribution < -0.4 is 15.4 Å². The van der Waals surface area contributed by atoms with Gasteiger partial charge in [-0.25, -0.2) is 8.42 Å². The number of rotatable bonds is 5. The molecule has 1 aromatic carbocycles. The van der Waals surface area contributed by atoms with Crippen LogP contribution in [0.4, 0.5) is 11.4 Å². The number of pyridine rings is 1. The molecule has 1 unspecified atom stereocenters. The molecule has 1 fully saturated rings. The number of hydrogen-bond acceptors (Lipinski definition) is 6. The first-order valence-electron chi connectivity index (χ1n) is 7.83. The van der Waals surface area contributed by atoms with Gasteiger partial charge in [-0.05, 0) is 30.7 Å². The number of sulfone groups is 1. The van der Waals surface area contributed by atoms with E-state index >= 15 is 0 Å². The Bertz CT molecular complexity index is 883. The molecule has 0 aliphatic carbocycles. The van der Waals surface area contributed by atoms with E-state index in [2.05, 4.69) is 15.6 Å². The van der Waals surface area contributed by atoms with Crippen molar-refractivity contribution in [2.24, 2.45) is 0 Å². The van der Waals surface area contributed by atoms with Crippen LogP contribution in [0, 0.1) is 0 Å². The van der Waals surface area contributed by atoms with Crippen LogP contribution in [-0.4, -0.2) is 44.0 Å². The Labute approximate surface area is 146 Å². The number of ether oxygens (including phenoxy) is 1. The van der Waals surface area contributed by atoms with Gasteiger partial charge in [-0.2, -0.15) is 0 Å². The summed E-state index contributed by atoms with van der Waals surface area (Å²) in [7, 11) is -1.44. The van der Waals surface area contributed by atoms with Gasteiger partial charge in [0.05, 0.1) is 18.6 Å². The van der Waals surface area contributed by atoms with Crippen molar-refractivity contribution in [2.75, 3.05) is 23.9 Å². The number of anilines is 2. The molecule has 0 bridgehead atoms. The van der Waals surface area contributed by atoms with Gasteiger partial charge in [-0.3, -0.25) is 9.78 Å². The topological polar surface area (TPSA) is 97.4 Å². The van der Waals surface area contributed by atoms with Crippen LogP contribution in [0.2, 0.25) is 0 Å². The molecule has 8 heteroatoms. The molecule has 1 aliphatic heterocycles. The third-order valence-corrected chi connectivity index (χ3v) is 5.69. The Morgan fingerprint density at radius 3 is 2.76 bits per heavy atom. The average Bonchev–Trinajstić information content (AvgIpc) is 2.94. The molecule has 2 heterocycles. The Morgan fingerprint density at radius 2 is 2.04 bits per heavy atom. The van der Waals surface area contributed by atoms with Gasteiger partial charge in [-0.15, -0.1) is 0 Å². The fraction of sp³-hybridized carbons (Fsp3) is 0.294. The van der Waals surface area contributed by atoms with E-state index in [1.165, 1.54) is 6.20 Å². The van der Waals surface area contributed by atoms with Crippen molar-refractivity contribution in [3.05, 3.63) is 48.3 Å². The van der Waals surface area contributed by atoms with E-state index in [1.807, 2.05) is 24.3 Å². The lowest BCUT2D eigenvalue weighted by atomic mass is 10.2. The summed E-state index contributed by atoms with van der Waals surface area (Å²) in [5.41, 5.74) is 1.75. The minimum atomic E-state index is -3.04. The molecule has 0 spiro atoms. The van der Waals surface area contributed by atoms with E-state index in [0.717, 1.165) is 11.4 Å². The van der Waals surface area contributed by atoms with Crippen molar-refractivity contribution in [1.82, 2.24) is 10.3 Å². The van der Waals surface area contributed by atoms with Crippen molar-refractivity contribution in [2.45, 2.75) is 12.5 Å². The highest BCUT2D eigenvalue weighted by atomic mass is 32.2. The van der Waals surface area contributed by atoms with Crippen molar-refractivity contribution in [3.8, 4) is 5.75 Å². The van der Waals surface area contributed by atoms with E-state index in [4.69, 9.17) is 4.74 Å². The van der Waals surface area contributed by atoms with Crippen LogP contribution in [-0.2, 0) is 9.84 Å². The summed E-state index contributed by atoms with van der Waals surface area (Å²) in [6, 6.07) is 10.4. The van der Waals surface area contributed by atoms with Gasteiger partial charge in [0.2, 0.25) is 0 Å². The third-order valence-electron chi connectivity index (χ3n) is 3.92. The molecule has 1 aromatic heterocycles. The van der Waals surface area contributed by atoms with Crippen molar-refractivity contribution < 1.29 is 17.9 Å². The van der Waals surface area contributed by atoms with Crippen LogP contribution >= 0.6 is 0 Å². The molecule has 0 radical (unpaired) electrons. The Kier molecular flexibility index (Phi) is 4.89. The van der Waals surface area contributed by atoms with Gasteiger partial charge in [0, 0.05) is 29.7 Å². The van der Waals surface area contributed by atoms with E-state index in [0.29, 0.717) is 12.1 Å². The second-order valence-electron chi connectivity index (χ2n) is 5.86. The molecule has 25 heavy (non-hydrogen) atoms. The zero-order chi connectivity index (χ0) is 17.9. The summed E-state index contributed by atoms with van der Waals surface area (Å²) in [5.74, 6) is 0.444. The maximum absolute atomic E-state index is 12.3. The fourth-order valence-electron chi connectivity index (χ4n) is 2.67. The summed E-state index contributed by atoms with van der Waals surface area (Å²) in [5, 5.41) is 5.92. The Morgan fingerprint density at radius 1 is 1.24 bits per heavy atom. The minimum absolute atomic E-state index is 0.0134. The SMILES string of the molecule is COc1cccc(Nc2ccnc(C(=O)NC3CCS(=O)(=O)C3)c2)c1. The van der Waals surface area contributed by atoms with E-state index in [1.54, 1.807) is 19.2 Å². The van der Waals surface area contributed by atoms with E-state index in [-0.39, 0.29) is 29.1 Å². The predicted molar refractivity (Wildman–Crippen MR) is 95.0 cm³/mol. The summed E-state index contributed by atoms with van der Waals surface area (Å²) in [6.07, 6.45) is 1.97. The van der Waals surface area contributed by atoms with Gasteiger partial charge >= 0.3 is 0 Å². The molecule has 1 aliphatic rings. The van der Waals surface area contributed by atoms with Crippen molar-refractivity contribution >= 4 is 27.1 Å². The highest BCUT2D eigenvalue weighted by Gasteiger charge is 2.29. The zero-order valence-corrected chi connectivity index (χ0v) is 14.5. The fourth-order valence-corrected chi connectivity index (χ4v) is 4.34. The molecule has 1 amide bonds. The first kappa shape index (κ1) is 17.2. The number of methoxy groups -OCH3 is 1. The molecule has 132 valence electrons. The van der Waals surface area contributed by atoms with Gasteiger partial charge in [0.25, 0.3) is 5.91 Å². The minimum Gasteiger partial charge on any atom is -0.497 e. The molecular formula is C17H19N3O4S. The largest absolute Gasteiger partial charge is 0.497 e. The maximum atomic E-state index is 12.3. The lowest BCUT2D eigenvalue weighted by molar-refractivity contribution is 0.0936. The third kappa shape index (κ3) is 4.48. The standard InChI is InChI=1S/C17H19N3O4S/c1-24-15-4-2-3-12(9-15)19-13-5-7-18-16(10-13)17(21)20-14-6-8-25(22,23)11-14/h2-5,7,9-10,14H,6,8,11H2,1H3,(H,18,19)(H,20,21). The molecule has 3 rings (SSSR count). The molecule has 2 N–H and O–H groups in total. The number of carbonyl (C=O) groups excluding carboxylic acids is 1. The van der Waals surface area contributed by atoms with Crippen LogP contribution in [0.3, 0.4) is 0 Å². The number of aromatic nitrogens is 1. The molecule has 7 nitrogen and oxygen atoms in total. The van der Waals surface area contributed by atoms with Crippen LogP contribution in [0.5, 0.6) is 5.75 Å². The van der Waals surface area contributed by atoms with Gasteiger partial charge in [0.1, 0.15) is 11.4 Å². The monoisotopic (exact) mass is 361 g/mol. The lowest BCUT2D eigenvalue weighted by Gasteiger charge is -2.12. The van der Waals surface area contributed by atoms with Crippen molar-refractivity contribution in [3.63, 3.8) is 0 Å². The Balaban J connectivity index is 1.69. The van der Waals surface area contributed by atoms with Crippen LogP contribution in [0.25, 0.3) is 0 Å². The highest BCUT2D eigenvalue weighted by molar-refractivity contribution is 7.91.